The molecule has 0 spiro atoms. The summed E-state index contributed by atoms with van der Waals surface area (Å²) in [5, 5.41) is 11.7. The molecule has 2 rings (SSSR count). The minimum absolute atomic E-state index is 0.104. The molecule has 1 heterocycles. The number of rotatable bonds is 4. The second-order valence-electron chi connectivity index (χ2n) is 5.51. The quantitative estimate of drug-likeness (QED) is 0.895. The van der Waals surface area contributed by atoms with Gasteiger partial charge in [0.1, 0.15) is 0 Å². The van der Waals surface area contributed by atoms with Crippen molar-refractivity contribution in [3.8, 4) is 0 Å². The first-order chi connectivity index (χ1) is 10.1. The van der Waals surface area contributed by atoms with Crippen LogP contribution in [0.3, 0.4) is 0 Å². The fraction of sp³-hybridized carbons (Fsp3) is 0.500. The molecule has 114 valence electrons. The molecule has 0 atom stereocenters. The van der Waals surface area contributed by atoms with Crippen LogP contribution in [0.5, 0.6) is 0 Å². The number of benzene rings is 1. The van der Waals surface area contributed by atoms with Gasteiger partial charge in [-0.2, -0.15) is 0 Å². The predicted octanol–water partition coefficient (Wildman–Crippen LogP) is 2.97. The van der Waals surface area contributed by atoms with Gasteiger partial charge >= 0.3 is 12.0 Å². The van der Waals surface area contributed by atoms with Gasteiger partial charge in [-0.1, -0.05) is 19.1 Å². The Hall–Kier alpha value is -2.04. The second kappa shape index (κ2) is 7.11. The summed E-state index contributed by atoms with van der Waals surface area (Å²) in [5.74, 6) is -0.565. The van der Waals surface area contributed by atoms with E-state index in [-0.39, 0.29) is 18.4 Å². The third-order valence-corrected chi connectivity index (χ3v) is 3.98. The number of likely N-dealkylation sites (tertiary alicyclic amines) is 1. The van der Waals surface area contributed by atoms with E-state index in [0.29, 0.717) is 13.1 Å². The maximum atomic E-state index is 12.1. The van der Waals surface area contributed by atoms with Crippen LogP contribution in [0.25, 0.3) is 0 Å². The van der Waals surface area contributed by atoms with Crippen LogP contribution in [0.15, 0.2) is 24.3 Å². The van der Waals surface area contributed by atoms with Gasteiger partial charge in [0.2, 0.25) is 0 Å². The summed E-state index contributed by atoms with van der Waals surface area (Å²) >= 11 is 0. The number of hydrogen-bond acceptors (Lipinski definition) is 2. The molecule has 2 N–H and O–H groups in total. The van der Waals surface area contributed by atoms with Crippen molar-refractivity contribution in [3.63, 3.8) is 0 Å². The molecular weight excluding hydrogens is 268 g/mol. The molecule has 1 aromatic rings. The number of urea groups is 1. The maximum Gasteiger partial charge on any atom is 0.321 e. The number of nitrogens with one attached hydrogen (secondary N) is 1. The number of aryl methyl sites for hydroxylation is 1. The highest BCUT2D eigenvalue weighted by molar-refractivity contribution is 5.89. The largest absolute Gasteiger partial charge is 0.481 e. The van der Waals surface area contributed by atoms with Crippen LogP contribution < -0.4 is 5.32 Å². The normalized spacial score (nSPS) is 15.8. The molecule has 5 nitrogen and oxygen atoms in total. The van der Waals surface area contributed by atoms with Gasteiger partial charge in [-0.25, -0.2) is 4.79 Å². The van der Waals surface area contributed by atoms with Crippen molar-refractivity contribution in [2.75, 3.05) is 18.4 Å². The molecule has 1 fully saturated rings. The van der Waals surface area contributed by atoms with E-state index in [4.69, 9.17) is 5.11 Å². The maximum absolute atomic E-state index is 12.1. The number of piperidine rings is 1. The summed E-state index contributed by atoms with van der Waals surface area (Å²) in [6.07, 6.45) is 2.70. The Balaban J connectivity index is 1.82. The number of hydrogen-bond donors (Lipinski definition) is 2. The highest BCUT2D eigenvalue weighted by Gasteiger charge is 2.24. The summed E-state index contributed by atoms with van der Waals surface area (Å²) in [5.41, 5.74) is 2.03. The molecule has 0 bridgehead atoms. The van der Waals surface area contributed by atoms with Gasteiger partial charge in [0.15, 0.2) is 0 Å². The van der Waals surface area contributed by atoms with E-state index in [9.17, 15) is 9.59 Å². The highest BCUT2D eigenvalue weighted by atomic mass is 16.4. The molecule has 0 unspecified atom stereocenters. The Morgan fingerprint density at radius 3 is 2.38 bits per heavy atom. The first kappa shape index (κ1) is 15.4. The third-order valence-electron chi connectivity index (χ3n) is 3.98. The number of carboxylic acids is 1. The average Bonchev–Trinajstić information content (AvgIpc) is 2.48. The molecule has 1 aliphatic heterocycles. The minimum atomic E-state index is -0.756. The summed E-state index contributed by atoms with van der Waals surface area (Å²) < 4.78 is 0. The first-order valence-electron chi connectivity index (χ1n) is 7.45. The van der Waals surface area contributed by atoms with Crippen LogP contribution in [0, 0.1) is 5.92 Å². The van der Waals surface area contributed by atoms with Crippen LogP contribution >= 0.6 is 0 Å². The number of anilines is 1. The fourth-order valence-electron chi connectivity index (χ4n) is 2.61. The van der Waals surface area contributed by atoms with E-state index in [1.54, 1.807) is 4.90 Å². The molecule has 0 aromatic heterocycles. The summed E-state index contributed by atoms with van der Waals surface area (Å²) in [7, 11) is 0. The summed E-state index contributed by atoms with van der Waals surface area (Å²) in [6.45, 7) is 3.34. The number of carbonyl (C=O) groups is 2. The van der Waals surface area contributed by atoms with Gasteiger partial charge in [-0.15, -0.1) is 0 Å². The number of aliphatic carboxylic acids is 1. The van der Waals surface area contributed by atoms with Crippen molar-refractivity contribution >= 4 is 17.7 Å². The standard InChI is InChI=1S/C16H22N2O3/c1-2-12-3-5-14(6-4-12)17-16(21)18-9-7-13(8-10-18)11-15(19)20/h3-6,13H,2,7-11H2,1H3,(H,17,21)(H,19,20). The molecular formula is C16H22N2O3. The molecule has 5 heteroatoms. The molecule has 1 saturated heterocycles. The first-order valence-corrected chi connectivity index (χ1v) is 7.45. The van der Waals surface area contributed by atoms with E-state index >= 15 is 0 Å². The molecule has 1 aliphatic rings. The van der Waals surface area contributed by atoms with Crippen LogP contribution in [0.1, 0.15) is 31.7 Å². The molecule has 1 aromatic carbocycles. The zero-order valence-corrected chi connectivity index (χ0v) is 12.3. The van der Waals surface area contributed by atoms with Crippen LogP contribution in [0.2, 0.25) is 0 Å². The van der Waals surface area contributed by atoms with Crippen molar-refractivity contribution in [2.45, 2.75) is 32.6 Å². The fourth-order valence-corrected chi connectivity index (χ4v) is 2.61. The van der Waals surface area contributed by atoms with Gasteiger partial charge < -0.3 is 15.3 Å². The predicted molar refractivity (Wildman–Crippen MR) is 81.4 cm³/mol. The molecule has 0 saturated carbocycles. The number of nitrogens with zero attached hydrogens (tertiary/aromatic N) is 1. The Morgan fingerprint density at radius 1 is 1.24 bits per heavy atom. The topological polar surface area (TPSA) is 69.6 Å². The van der Waals surface area contributed by atoms with Crippen molar-refractivity contribution < 1.29 is 14.7 Å². The zero-order chi connectivity index (χ0) is 15.2. The zero-order valence-electron chi connectivity index (χ0n) is 12.3. The lowest BCUT2D eigenvalue weighted by Gasteiger charge is -2.31. The minimum Gasteiger partial charge on any atom is -0.481 e. The van der Waals surface area contributed by atoms with Gasteiger partial charge in [0, 0.05) is 25.2 Å². The lowest BCUT2D eigenvalue weighted by Crippen LogP contribution is -2.41. The molecule has 0 radical (unpaired) electrons. The second-order valence-corrected chi connectivity index (χ2v) is 5.51. The smallest absolute Gasteiger partial charge is 0.321 e. The van der Waals surface area contributed by atoms with Gasteiger partial charge in [0.25, 0.3) is 0 Å². The number of carboxylic acid groups (broad SMARTS) is 1. The summed E-state index contributed by atoms with van der Waals surface area (Å²) in [4.78, 5) is 24.6. The SMILES string of the molecule is CCc1ccc(NC(=O)N2CCC(CC(=O)O)CC2)cc1. The Bertz CT molecular complexity index is 491. The Labute approximate surface area is 125 Å². The van der Waals surface area contributed by atoms with Gasteiger partial charge in [-0.05, 0) is 42.9 Å². The molecule has 2 amide bonds. The molecule has 21 heavy (non-hydrogen) atoms. The van der Waals surface area contributed by atoms with Crippen molar-refractivity contribution in [1.82, 2.24) is 4.90 Å². The van der Waals surface area contributed by atoms with Crippen LogP contribution in [-0.2, 0) is 11.2 Å². The monoisotopic (exact) mass is 290 g/mol. The molecule has 0 aliphatic carbocycles. The Kier molecular flexibility index (Phi) is 5.20. The van der Waals surface area contributed by atoms with Crippen LogP contribution in [0.4, 0.5) is 10.5 Å². The van der Waals surface area contributed by atoms with Crippen molar-refractivity contribution in [3.05, 3.63) is 29.8 Å². The Morgan fingerprint density at radius 2 is 1.86 bits per heavy atom. The van der Waals surface area contributed by atoms with E-state index < -0.39 is 5.97 Å². The van der Waals surface area contributed by atoms with E-state index in [0.717, 1.165) is 24.9 Å². The summed E-state index contributed by atoms with van der Waals surface area (Å²) in [6, 6.07) is 7.73. The lowest BCUT2D eigenvalue weighted by atomic mass is 9.94. The van der Waals surface area contributed by atoms with Crippen LogP contribution in [-0.4, -0.2) is 35.1 Å². The number of carbonyl (C=O) groups excluding carboxylic acids is 1. The third kappa shape index (κ3) is 4.48. The van der Waals surface area contributed by atoms with Crippen molar-refractivity contribution in [1.29, 1.82) is 0 Å². The average molecular weight is 290 g/mol. The van der Waals surface area contributed by atoms with E-state index in [2.05, 4.69) is 12.2 Å². The number of amides is 2. The van der Waals surface area contributed by atoms with E-state index in [1.807, 2.05) is 24.3 Å². The van der Waals surface area contributed by atoms with Gasteiger partial charge in [0.05, 0.1) is 0 Å². The van der Waals surface area contributed by atoms with E-state index in [1.165, 1.54) is 5.56 Å². The van der Waals surface area contributed by atoms with Crippen molar-refractivity contribution in [2.24, 2.45) is 5.92 Å². The highest BCUT2D eigenvalue weighted by Crippen LogP contribution is 2.21. The lowest BCUT2D eigenvalue weighted by molar-refractivity contribution is -0.138. The van der Waals surface area contributed by atoms with Gasteiger partial charge in [-0.3, -0.25) is 4.79 Å².